The van der Waals surface area contributed by atoms with E-state index in [1.165, 1.54) is 0 Å². The van der Waals surface area contributed by atoms with Crippen LogP contribution in [-0.4, -0.2) is 28.4 Å². The molecule has 62 heavy (non-hydrogen) atoms. The van der Waals surface area contributed by atoms with E-state index < -0.39 is 0 Å². The zero-order chi connectivity index (χ0) is 41.9. The van der Waals surface area contributed by atoms with Gasteiger partial charge in [-0.2, -0.15) is 0 Å². The standard InChI is InChI=1S/C54H40N2O6/c1-57-47-25-19-39(29-51(47)59-3)55(35-11-7-5-8-12-35)37-17-23-41-33(27-37)15-21-43-45-31-50-46(32-49(45)61-53(41)43)44-22-16-34-28-38(18-24-42(34)54(44)62-50)56(36-13-9-6-10-14-36)40-20-26-48(58-2)52(30-40)60-4/h5-32H,1-4H3. The van der Waals surface area contributed by atoms with Crippen molar-refractivity contribution in [2.24, 2.45) is 0 Å². The van der Waals surface area contributed by atoms with Crippen LogP contribution < -0.4 is 28.7 Å². The molecule has 0 bridgehead atoms. The molecule has 0 spiro atoms. The van der Waals surface area contributed by atoms with E-state index in [2.05, 4.69) is 107 Å². The van der Waals surface area contributed by atoms with E-state index in [-0.39, 0.29) is 0 Å². The minimum Gasteiger partial charge on any atom is -0.493 e. The molecule has 302 valence electrons. The van der Waals surface area contributed by atoms with Gasteiger partial charge in [-0.15, -0.1) is 0 Å². The van der Waals surface area contributed by atoms with E-state index in [0.29, 0.717) is 23.0 Å². The van der Waals surface area contributed by atoms with Crippen LogP contribution in [0.1, 0.15) is 0 Å². The van der Waals surface area contributed by atoms with Crippen LogP contribution in [0.4, 0.5) is 34.1 Å². The quantitative estimate of drug-likeness (QED) is 0.135. The highest BCUT2D eigenvalue weighted by atomic mass is 16.5. The SMILES string of the molecule is COc1ccc(N(c2ccccc2)c2ccc3c(ccc4c5cc6oc7c8ccc(N(c9ccccc9)c9ccc(OC)c(OC)c9)cc8ccc7c6cc5oc34)c2)cc1OC. The van der Waals surface area contributed by atoms with Gasteiger partial charge in [0.15, 0.2) is 23.0 Å². The van der Waals surface area contributed by atoms with E-state index in [0.717, 1.165) is 99.5 Å². The summed E-state index contributed by atoms with van der Waals surface area (Å²) >= 11 is 0. The number of nitrogens with zero attached hydrogens (tertiary/aromatic N) is 2. The van der Waals surface area contributed by atoms with E-state index in [1.807, 2.05) is 72.8 Å². The maximum atomic E-state index is 6.75. The fraction of sp³-hybridized carbons (Fsp3) is 0.0741. The number of anilines is 6. The topological polar surface area (TPSA) is 69.7 Å². The Hall–Kier alpha value is -8.10. The molecular weight excluding hydrogens is 773 g/mol. The second-order valence-corrected chi connectivity index (χ2v) is 15.2. The zero-order valence-electron chi connectivity index (χ0n) is 34.5. The third kappa shape index (κ3) is 5.98. The van der Waals surface area contributed by atoms with E-state index in [9.17, 15) is 0 Å². The van der Waals surface area contributed by atoms with E-state index in [1.54, 1.807) is 28.4 Å². The van der Waals surface area contributed by atoms with Gasteiger partial charge in [0.2, 0.25) is 0 Å². The van der Waals surface area contributed by atoms with Gasteiger partial charge >= 0.3 is 0 Å². The fourth-order valence-electron chi connectivity index (χ4n) is 8.85. The first-order valence-electron chi connectivity index (χ1n) is 20.4. The zero-order valence-corrected chi connectivity index (χ0v) is 34.5. The molecule has 0 aliphatic carbocycles. The van der Waals surface area contributed by atoms with Crippen molar-refractivity contribution in [3.63, 3.8) is 0 Å². The molecule has 0 atom stereocenters. The Morgan fingerprint density at radius 1 is 0.306 bits per heavy atom. The van der Waals surface area contributed by atoms with Crippen LogP contribution in [-0.2, 0) is 0 Å². The van der Waals surface area contributed by atoms with Crippen molar-refractivity contribution in [2.45, 2.75) is 0 Å². The van der Waals surface area contributed by atoms with Crippen LogP contribution in [0.3, 0.4) is 0 Å². The molecule has 11 aromatic rings. The van der Waals surface area contributed by atoms with Crippen molar-refractivity contribution in [3.8, 4) is 23.0 Å². The molecule has 0 radical (unpaired) electrons. The summed E-state index contributed by atoms with van der Waals surface area (Å²) in [4.78, 5) is 4.43. The Morgan fingerprint density at radius 2 is 0.677 bits per heavy atom. The monoisotopic (exact) mass is 812 g/mol. The first-order chi connectivity index (χ1) is 30.5. The number of para-hydroxylation sites is 2. The second-order valence-electron chi connectivity index (χ2n) is 15.2. The molecule has 0 N–H and O–H groups in total. The highest BCUT2D eigenvalue weighted by Crippen LogP contribution is 2.45. The van der Waals surface area contributed by atoms with Gasteiger partial charge in [-0.3, -0.25) is 0 Å². The minimum atomic E-state index is 0.661. The van der Waals surface area contributed by atoms with Crippen molar-refractivity contribution < 1.29 is 27.8 Å². The van der Waals surface area contributed by atoms with Crippen molar-refractivity contribution in [3.05, 3.63) is 170 Å². The third-order valence-corrected chi connectivity index (χ3v) is 11.8. The number of hydrogen-bond acceptors (Lipinski definition) is 8. The summed E-state index contributed by atoms with van der Waals surface area (Å²) < 4.78 is 36.0. The van der Waals surface area contributed by atoms with Crippen LogP contribution in [0.2, 0.25) is 0 Å². The van der Waals surface area contributed by atoms with E-state index in [4.69, 9.17) is 27.8 Å². The molecule has 0 saturated heterocycles. The maximum absolute atomic E-state index is 6.75. The lowest BCUT2D eigenvalue weighted by Gasteiger charge is -2.26. The van der Waals surface area contributed by atoms with Gasteiger partial charge in [0.25, 0.3) is 0 Å². The predicted molar refractivity (Wildman–Crippen MR) is 252 cm³/mol. The Morgan fingerprint density at radius 3 is 1.08 bits per heavy atom. The molecule has 0 saturated carbocycles. The third-order valence-electron chi connectivity index (χ3n) is 11.8. The molecular formula is C54H40N2O6. The lowest BCUT2D eigenvalue weighted by atomic mass is 10.0. The number of benzene rings is 9. The van der Waals surface area contributed by atoms with Crippen LogP contribution in [0.25, 0.3) is 65.4 Å². The molecule has 2 aromatic heterocycles. The average molecular weight is 813 g/mol. The highest BCUT2D eigenvalue weighted by Gasteiger charge is 2.21. The molecule has 0 unspecified atom stereocenters. The number of hydrogen-bond donors (Lipinski definition) is 0. The summed E-state index contributed by atoms with van der Waals surface area (Å²) in [6, 6.07) is 58.5. The smallest absolute Gasteiger partial charge is 0.162 e. The van der Waals surface area contributed by atoms with Crippen molar-refractivity contribution in [1.82, 2.24) is 0 Å². The Bertz CT molecular complexity index is 3250. The van der Waals surface area contributed by atoms with Crippen molar-refractivity contribution >= 4 is 99.5 Å². The average Bonchev–Trinajstić information content (AvgIpc) is 3.89. The summed E-state index contributed by atoms with van der Waals surface area (Å²) in [5.41, 5.74) is 9.26. The van der Waals surface area contributed by atoms with Crippen LogP contribution >= 0.6 is 0 Å². The van der Waals surface area contributed by atoms with Gasteiger partial charge in [0.05, 0.1) is 39.8 Å². The normalized spacial score (nSPS) is 11.5. The fourth-order valence-corrected chi connectivity index (χ4v) is 8.85. The molecule has 2 heterocycles. The van der Waals surface area contributed by atoms with Gasteiger partial charge in [-0.25, -0.2) is 0 Å². The van der Waals surface area contributed by atoms with Gasteiger partial charge < -0.3 is 37.6 Å². The minimum absolute atomic E-state index is 0.661. The van der Waals surface area contributed by atoms with Crippen LogP contribution in [0, 0.1) is 0 Å². The van der Waals surface area contributed by atoms with E-state index >= 15 is 0 Å². The lowest BCUT2D eigenvalue weighted by molar-refractivity contribution is 0.355. The first kappa shape index (κ1) is 36.9. The summed E-state index contributed by atoms with van der Waals surface area (Å²) in [6.07, 6.45) is 0. The molecule has 8 heteroatoms. The molecule has 11 rings (SSSR count). The lowest BCUT2D eigenvalue weighted by Crippen LogP contribution is -2.10. The Kier molecular flexibility index (Phi) is 8.86. The second kappa shape index (κ2) is 14.9. The molecule has 0 aliphatic rings. The molecule has 0 amide bonds. The number of ether oxygens (including phenoxy) is 4. The number of rotatable bonds is 10. The van der Waals surface area contributed by atoms with Gasteiger partial charge in [0, 0.05) is 67.2 Å². The molecule has 9 aromatic carbocycles. The summed E-state index contributed by atoms with van der Waals surface area (Å²) in [5.74, 6) is 2.68. The molecule has 8 nitrogen and oxygen atoms in total. The number of fused-ring (bicyclic) bond motifs is 10. The summed E-state index contributed by atoms with van der Waals surface area (Å²) in [7, 11) is 6.61. The summed E-state index contributed by atoms with van der Waals surface area (Å²) in [6.45, 7) is 0. The first-order valence-corrected chi connectivity index (χ1v) is 20.4. The van der Waals surface area contributed by atoms with Crippen molar-refractivity contribution in [2.75, 3.05) is 38.2 Å². The maximum Gasteiger partial charge on any atom is 0.162 e. The highest BCUT2D eigenvalue weighted by molar-refractivity contribution is 6.21. The number of methoxy groups -OCH3 is 4. The van der Waals surface area contributed by atoms with Crippen LogP contribution in [0.15, 0.2) is 179 Å². The molecule has 0 fully saturated rings. The van der Waals surface area contributed by atoms with Crippen LogP contribution in [0.5, 0.6) is 23.0 Å². The van der Waals surface area contributed by atoms with Gasteiger partial charge in [-0.1, -0.05) is 48.5 Å². The Labute approximate surface area is 357 Å². The predicted octanol–water partition coefficient (Wildman–Crippen LogP) is 14.8. The summed E-state index contributed by atoms with van der Waals surface area (Å²) in [5, 5.41) is 8.27. The van der Waals surface area contributed by atoms with Crippen molar-refractivity contribution in [1.29, 1.82) is 0 Å². The van der Waals surface area contributed by atoms with Gasteiger partial charge in [-0.05, 0) is 120 Å². The largest absolute Gasteiger partial charge is 0.493 e. The Balaban J connectivity index is 0.993. The van der Waals surface area contributed by atoms with Gasteiger partial charge in [0.1, 0.15) is 22.3 Å². The molecule has 0 aliphatic heterocycles. The number of furan rings is 2.